The van der Waals surface area contributed by atoms with Crippen molar-refractivity contribution in [3.05, 3.63) is 79.4 Å². The number of thiophene rings is 1. The molecule has 0 aliphatic rings. The fourth-order valence-corrected chi connectivity index (χ4v) is 5.81. The number of carbonyl (C=O) groups is 3. The van der Waals surface area contributed by atoms with Gasteiger partial charge in [0.05, 0.1) is 35.8 Å². The number of aromatic hydroxyl groups is 1. The van der Waals surface area contributed by atoms with E-state index in [0.717, 1.165) is 33.9 Å². The molecule has 47 heavy (non-hydrogen) atoms. The highest BCUT2D eigenvalue weighted by Crippen LogP contribution is 2.39. The van der Waals surface area contributed by atoms with Gasteiger partial charge in [0.15, 0.2) is 0 Å². The van der Waals surface area contributed by atoms with Crippen LogP contribution in [0.3, 0.4) is 0 Å². The summed E-state index contributed by atoms with van der Waals surface area (Å²) in [7, 11) is 0. The maximum Gasteiger partial charge on any atom is 0.341 e. The Kier molecular flexibility index (Phi) is 12.8. The number of carbonyl (C=O) groups excluding carboxylic acids is 3. The van der Waals surface area contributed by atoms with Crippen LogP contribution in [-0.4, -0.2) is 60.9 Å². The van der Waals surface area contributed by atoms with Crippen molar-refractivity contribution in [3.63, 3.8) is 0 Å². The van der Waals surface area contributed by atoms with Crippen LogP contribution >= 0.6 is 22.7 Å². The molecule has 244 valence electrons. The molecule has 2 aromatic carbocycles. The molecule has 0 unspecified atom stereocenters. The summed E-state index contributed by atoms with van der Waals surface area (Å²) >= 11 is 2.70. The van der Waals surface area contributed by atoms with E-state index in [1.54, 1.807) is 6.07 Å². The van der Waals surface area contributed by atoms with Gasteiger partial charge in [-0.3, -0.25) is 0 Å². The number of thiazole rings is 1. The van der Waals surface area contributed by atoms with Crippen molar-refractivity contribution in [2.24, 2.45) is 20.5 Å². The van der Waals surface area contributed by atoms with Gasteiger partial charge in [-0.2, -0.15) is 0 Å². The van der Waals surface area contributed by atoms with Gasteiger partial charge in [0.2, 0.25) is 5.13 Å². The summed E-state index contributed by atoms with van der Waals surface area (Å²) < 4.78 is 16.0. The van der Waals surface area contributed by atoms with Crippen LogP contribution in [0, 0.1) is 0 Å². The molecule has 13 nitrogen and oxygen atoms in total. The molecule has 0 atom stereocenters. The second-order valence-corrected chi connectivity index (χ2v) is 11.6. The molecule has 4 aromatic rings. The number of hydrogen-bond donors (Lipinski definition) is 1. The van der Waals surface area contributed by atoms with E-state index in [4.69, 9.17) is 14.2 Å². The molecule has 4 rings (SSSR count). The summed E-state index contributed by atoms with van der Waals surface area (Å²) in [5.74, 6) is -1.90. The van der Waals surface area contributed by atoms with Crippen LogP contribution in [0.5, 0.6) is 5.75 Å². The number of esters is 3. The van der Waals surface area contributed by atoms with E-state index in [1.807, 2.05) is 37.3 Å². The van der Waals surface area contributed by atoms with E-state index < -0.39 is 17.9 Å². The molecule has 0 radical (unpaired) electrons. The number of unbranched alkanes of at least 4 members (excludes halogenated alkanes) is 1. The average molecular weight is 677 g/mol. The van der Waals surface area contributed by atoms with Gasteiger partial charge in [0, 0.05) is 30.5 Å². The molecule has 0 spiro atoms. The summed E-state index contributed by atoms with van der Waals surface area (Å²) in [5, 5.41) is 28.4. The van der Waals surface area contributed by atoms with Crippen LogP contribution < -0.4 is 4.90 Å². The molecular formula is C32H32N6O7S2. The van der Waals surface area contributed by atoms with Crippen LogP contribution in [-0.2, 0) is 23.8 Å². The number of fused-ring (bicyclic) bond motifs is 1. The first-order valence-corrected chi connectivity index (χ1v) is 16.1. The third-order valence-electron chi connectivity index (χ3n) is 6.33. The van der Waals surface area contributed by atoms with Gasteiger partial charge in [0.1, 0.15) is 27.8 Å². The van der Waals surface area contributed by atoms with Crippen molar-refractivity contribution in [1.82, 2.24) is 4.98 Å². The van der Waals surface area contributed by atoms with Crippen LogP contribution in [0.15, 0.2) is 94.3 Å². The highest BCUT2D eigenvalue weighted by molar-refractivity contribution is 7.30. The number of likely N-dealkylation sites (N-methyl/N-ethyl adjacent to an activating group) is 1. The summed E-state index contributed by atoms with van der Waals surface area (Å²) in [6, 6.07) is 13.7. The minimum Gasteiger partial charge on any atom is -0.507 e. The second-order valence-electron chi connectivity index (χ2n) is 9.53. The number of phenolic OH excluding ortho intramolecular Hbond substituents is 1. The fraction of sp³-hybridized carbons (Fsp3) is 0.250. The zero-order valence-corrected chi connectivity index (χ0v) is 27.2. The zero-order valence-electron chi connectivity index (χ0n) is 25.5. The maximum absolute atomic E-state index is 12.3. The standard InChI is InChI=1S/C32H32N6O7S2/c1-4-28(40)43-16-7-8-17-45-31(42)24-14-11-22(19-25(24)39)35-36-27-20-26-30(47-27)33-32(46-26)37-34-21-9-12-23(13-10-21)38(6-3)15-18-44-29(41)5-2/h4-5,9-14,19-20,39H,1-2,6-8,15-18H2,3H3. The van der Waals surface area contributed by atoms with Crippen molar-refractivity contribution in [2.45, 2.75) is 19.8 Å². The molecular weight excluding hydrogens is 645 g/mol. The van der Waals surface area contributed by atoms with Crippen LogP contribution in [0.2, 0.25) is 0 Å². The van der Waals surface area contributed by atoms with Gasteiger partial charge in [-0.05, 0) is 62.2 Å². The molecule has 0 fully saturated rings. The summed E-state index contributed by atoms with van der Waals surface area (Å²) in [6.45, 7) is 10.6. The number of aromatic nitrogens is 1. The number of anilines is 1. The van der Waals surface area contributed by atoms with E-state index in [1.165, 1.54) is 34.8 Å². The summed E-state index contributed by atoms with van der Waals surface area (Å²) in [6.07, 6.45) is 3.24. The average Bonchev–Trinajstić information content (AvgIpc) is 3.65. The SMILES string of the molecule is C=CC(=O)OCCCCOC(=O)c1ccc(N=Nc2cc3sc(N=Nc4ccc(N(CC)CCOC(=O)C=C)cc4)nc3s2)cc1O. The van der Waals surface area contributed by atoms with E-state index in [-0.39, 0.29) is 31.1 Å². The Morgan fingerprint density at radius 2 is 1.51 bits per heavy atom. The van der Waals surface area contributed by atoms with E-state index in [2.05, 4.69) is 43.5 Å². The molecule has 0 aliphatic heterocycles. The lowest BCUT2D eigenvalue weighted by Gasteiger charge is -2.22. The van der Waals surface area contributed by atoms with E-state index in [9.17, 15) is 19.5 Å². The lowest BCUT2D eigenvalue weighted by molar-refractivity contribution is -0.138. The topological polar surface area (TPSA) is 165 Å². The van der Waals surface area contributed by atoms with Crippen molar-refractivity contribution < 1.29 is 33.7 Å². The maximum atomic E-state index is 12.3. The summed E-state index contributed by atoms with van der Waals surface area (Å²) in [4.78, 5) is 41.9. The normalized spacial score (nSPS) is 11.2. The lowest BCUT2D eigenvalue weighted by Crippen LogP contribution is -2.27. The first-order valence-electron chi connectivity index (χ1n) is 14.5. The molecule has 1 N–H and O–H groups in total. The highest BCUT2D eigenvalue weighted by atomic mass is 32.1. The fourth-order valence-electron chi connectivity index (χ4n) is 3.96. The Balaban J connectivity index is 1.28. The van der Waals surface area contributed by atoms with Crippen molar-refractivity contribution >= 4 is 77.3 Å². The van der Waals surface area contributed by atoms with Gasteiger partial charge in [-0.25, -0.2) is 19.4 Å². The minimum absolute atomic E-state index is 0.00666. The van der Waals surface area contributed by atoms with Gasteiger partial charge >= 0.3 is 17.9 Å². The number of rotatable bonds is 17. The number of nitrogens with zero attached hydrogens (tertiary/aromatic N) is 6. The Hall–Kier alpha value is -5.28. The van der Waals surface area contributed by atoms with Crippen molar-refractivity contribution in [1.29, 1.82) is 0 Å². The molecule has 2 heterocycles. The minimum atomic E-state index is -0.674. The first-order chi connectivity index (χ1) is 22.8. The monoisotopic (exact) mass is 676 g/mol. The Morgan fingerprint density at radius 1 is 0.851 bits per heavy atom. The molecule has 0 bridgehead atoms. The van der Waals surface area contributed by atoms with Crippen LogP contribution in [0.25, 0.3) is 9.53 Å². The summed E-state index contributed by atoms with van der Waals surface area (Å²) in [5.41, 5.74) is 2.00. The number of ether oxygens (including phenoxy) is 3. The third kappa shape index (κ3) is 10.4. The zero-order chi connectivity index (χ0) is 33.6. The predicted octanol–water partition coefficient (Wildman–Crippen LogP) is 8.12. The van der Waals surface area contributed by atoms with Gasteiger partial charge in [0.25, 0.3) is 0 Å². The molecule has 15 heteroatoms. The Labute approximate surface area is 278 Å². The molecule has 0 aliphatic carbocycles. The van der Waals surface area contributed by atoms with Gasteiger partial charge < -0.3 is 24.2 Å². The first kappa shape index (κ1) is 34.6. The Bertz CT molecular complexity index is 1750. The number of hydrogen-bond acceptors (Lipinski definition) is 15. The third-order valence-corrected chi connectivity index (χ3v) is 8.26. The van der Waals surface area contributed by atoms with Crippen LogP contribution in [0.1, 0.15) is 30.1 Å². The number of azo groups is 2. The quantitative estimate of drug-likeness (QED) is 0.0382. The molecule has 0 saturated heterocycles. The van der Waals surface area contributed by atoms with Crippen molar-refractivity contribution in [2.75, 3.05) is 37.8 Å². The van der Waals surface area contributed by atoms with Gasteiger partial charge in [-0.15, -0.1) is 20.5 Å². The Morgan fingerprint density at radius 3 is 2.17 bits per heavy atom. The largest absolute Gasteiger partial charge is 0.507 e. The molecule has 0 amide bonds. The smallest absolute Gasteiger partial charge is 0.341 e. The van der Waals surface area contributed by atoms with Crippen molar-refractivity contribution in [3.8, 4) is 5.75 Å². The van der Waals surface area contributed by atoms with E-state index in [0.29, 0.717) is 40.9 Å². The number of phenols is 1. The molecule has 0 saturated carbocycles. The highest BCUT2D eigenvalue weighted by Gasteiger charge is 2.14. The van der Waals surface area contributed by atoms with E-state index >= 15 is 0 Å². The second kappa shape index (κ2) is 17.4. The van der Waals surface area contributed by atoms with Gasteiger partial charge in [-0.1, -0.05) is 35.8 Å². The lowest BCUT2D eigenvalue weighted by atomic mass is 10.2. The number of benzene rings is 2. The molecule has 2 aromatic heterocycles. The van der Waals surface area contributed by atoms with Crippen LogP contribution in [0.4, 0.5) is 27.2 Å². The predicted molar refractivity (Wildman–Crippen MR) is 180 cm³/mol.